The Morgan fingerprint density at radius 2 is 2.00 bits per heavy atom. The third kappa shape index (κ3) is 2.52. The highest BCUT2D eigenvalue weighted by Crippen LogP contribution is 2.36. The number of carbonyl (C=O) groups excluding carboxylic acids is 1. The van der Waals surface area contributed by atoms with E-state index in [2.05, 4.69) is 33.1 Å². The molecule has 1 aliphatic rings. The molecular weight excluding hydrogens is 367 g/mol. The standard InChI is InChI=1S/C14H11IN4O/c1-8-12(14(20)19-18-8)13(9(6-16)7-17)10-4-2-3-5-11(10)15/h2-5,9,12-13H,1H3,(H,19,20)/t12-,13-/m0/s1. The minimum atomic E-state index is -0.898. The maximum absolute atomic E-state index is 12.0. The molecule has 20 heavy (non-hydrogen) atoms. The van der Waals surface area contributed by atoms with E-state index in [0.29, 0.717) is 5.71 Å². The van der Waals surface area contributed by atoms with Crippen molar-refractivity contribution < 1.29 is 4.79 Å². The highest BCUT2D eigenvalue weighted by molar-refractivity contribution is 14.1. The van der Waals surface area contributed by atoms with Crippen LogP contribution < -0.4 is 5.43 Å². The van der Waals surface area contributed by atoms with E-state index in [0.717, 1.165) is 9.13 Å². The van der Waals surface area contributed by atoms with Gasteiger partial charge in [0, 0.05) is 15.2 Å². The summed E-state index contributed by atoms with van der Waals surface area (Å²) in [6.45, 7) is 1.73. The average molecular weight is 378 g/mol. The van der Waals surface area contributed by atoms with E-state index in [1.54, 1.807) is 6.92 Å². The molecule has 1 aromatic rings. The van der Waals surface area contributed by atoms with Crippen molar-refractivity contribution in [2.45, 2.75) is 12.8 Å². The summed E-state index contributed by atoms with van der Waals surface area (Å²) in [4.78, 5) is 12.0. The third-order valence-electron chi connectivity index (χ3n) is 3.34. The van der Waals surface area contributed by atoms with Crippen molar-refractivity contribution >= 4 is 34.2 Å². The van der Waals surface area contributed by atoms with Gasteiger partial charge in [-0.2, -0.15) is 15.6 Å². The second-order valence-corrected chi connectivity index (χ2v) is 5.65. The topological polar surface area (TPSA) is 89.0 Å². The summed E-state index contributed by atoms with van der Waals surface area (Å²) in [5.74, 6) is -2.24. The first-order chi connectivity index (χ1) is 9.60. The minimum Gasteiger partial charge on any atom is -0.272 e. The average Bonchev–Trinajstić information content (AvgIpc) is 2.77. The largest absolute Gasteiger partial charge is 0.272 e. The van der Waals surface area contributed by atoms with Crippen molar-refractivity contribution in [2.75, 3.05) is 0 Å². The van der Waals surface area contributed by atoms with Crippen LogP contribution in [-0.4, -0.2) is 11.6 Å². The number of benzene rings is 1. The van der Waals surface area contributed by atoms with Crippen LogP contribution in [0.25, 0.3) is 0 Å². The molecule has 1 N–H and O–H groups in total. The van der Waals surface area contributed by atoms with Gasteiger partial charge in [-0.3, -0.25) is 4.79 Å². The lowest BCUT2D eigenvalue weighted by atomic mass is 9.76. The van der Waals surface area contributed by atoms with Gasteiger partial charge in [-0.15, -0.1) is 0 Å². The molecule has 0 bridgehead atoms. The predicted octanol–water partition coefficient (Wildman–Crippen LogP) is 2.16. The summed E-state index contributed by atoms with van der Waals surface area (Å²) in [5.41, 5.74) is 3.86. The van der Waals surface area contributed by atoms with Crippen LogP contribution in [0.2, 0.25) is 0 Å². The highest BCUT2D eigenvalue weighted by atomic mass is 127. The Labute approximate surface area is 130 Å². The zero-order valence-electron chi connectivity index (χ0n) is 10.7. The Kier molecular flexibility index (Phi) is 4.35. The number of hydrazone groups is 1. The second kappa shape index (κ2) is 6.02. The van der Waals surface area contributed by atoms with Crippen LogP contribution in [0, 0.1) is 38.1 Å². The van der Waals surface area contributed by atoms with Crippen molar-refractivity contribution in [2.24, 2.45) is 16.9 Å². The number of amides is 1. The zero-order chi connectivity index (χ0) is 14.7. The highest BCUT2D eigenvalue weighted by Gasteiger charge is 2.41. The van der Waals surface area contributed by atoms with Crippen LogP contribution in [0.15, 0.2) is 29.4 Å². The van der Waals surface area contributed by atoms with Crippen LogP contribution >= 0.6 is 22.6 Å². The monoisotopic (exact) mass is 378 g/mol. The molecule has 0 aromatic heterocycles. The van der Waals surface area contributed by atoms with E-state index in [1.165, 1.54) is 0 Å². The maximum Gasteiger partial charge on any atom is 0.249 e. The Balaban J connectivity index is 2.55. The van der Waals surface area contributed by atoms with E-state index in [-0.39, 0.29) is 5.91 Å². The van der Waals surface area contributed by atoms with E-state index in [4.69, 9.17) is 0 Å². The molecule has 0 saturated carbocycles. The number of nitrogens with one attached hydrogen (secondary N) is 1. The Bertz CT molecular complexity index is 642. The number of rotatable bonds is 3. The molecular formula is C14H11IN4O. The zero-order valence-corrected chi connectivity index (χ0v) is 12.8. The van der Waals surface area contributed by atoms with E-state index < -0.39 is 17.8 Å². The van der Waals surface area contributed by atoms with Crippen molar-refractivity contribution in [1.29, 1.82) is 10.5 Å². The molecule has 1 heterocycles. The van der Waals surface area contributed by atoms with Gasteiger partial charge in [-0.05, 0) is 41.1 Å². The Hall–Kier alpha value is -1.93. The second-order valence-electron chi connectivity index (χ2n) is 4.49. The normalized spacial score (nSPS) is 18.9. The third-order valence-corrected chi connectivity index (χ3v) is 4.32. The number of carbonyl (C=O) groups is 1. The summed E-state index contributed by atoms with van der Waals surface area (Å²) < 4.78 is 0.929. The number of nitriles is 2. The lowest BCUT2D eigenvalue weighted by Crippen LogP contribution is -2.32. The van der Waals surface area contributed by atoms with Gasteiger partial charge < -0.3 is 0 Å². The summed E-state index contributed by atoms with van der Waals surface area (Å²) in [6, 6.07) is 11.5. The molecule has 6 heteroatoms. The molecule has 2 rings (SSSR count). The summed E-state index contributed by atoms with van der Waals surface area (Å²) in [7, 11) is 0. The van der Waals surface area contributed by atoms with Gasteiger partial charge >= 0.3 is 0 Å². The Morgan fingerprint density at radius 1 is 1.35 bits per heavy atom. The van der Waals surface area contributed by atoms with Crippen LogP contribution in [-0.2, 0) is 4.79 Å². The molecule has 0 aliphatic carbocycles. The molecule has 0 saturated heterocycles. The van der Waals surface area contributed by atoms with Gasteiger partial charge in [-0.1, -0.05) is 18.2 Å². The maximum atomic E-state index is 12.0. The molecule has 0 fully saturated rings. The summed E-state index contributed by atoms with van der Waals surface area (Å²) >= 11 is 2.15. The molecule has 5 nitrogen and oxygen atoms in total. The lowest BCUT2D eigenvalue weighted by Gasteiger charge is -2.24. The first-order valence-electron chi connectivity index (χ1n) is 5.97. The molecule has 1 amide bonds. The van der Waals surface area contributed by atoms with Crippen LogP contribution in [0.1, 0.15) is 18.4 Å². The van der Waals surface area contributed by atoms with Gasteiger partial charge in [0.25, 0.3) is 0 Å². The van der Waals surface area contributed by atoms with E-state index in [1.807, 2.05) is 36.4 Å². The Morgan fingerprint density at radius 3 is 2.50 bits per heavy atom. The van der Waals surface area contributed by atoms with Crippen molar-refractivity contribution in [3.05, 3.63) is 33.4 Å². The fourth-order valence-electron chi connectivity index (χ4n) is 2.38. The first kappa shape index (κ1) is 14.5. The number of hydrogen-bond donors (Lipinski definition) is 1. The fourth-order valence-corrected chi connectivity index (χ4v) is 3.13. The van der Waals surface area contributed by atoms with Crippen molar-refractivity contribution in [1.82, 2.24) is 5.43 Å². The lowest BCUT2D eigenvalue weighted by molar-refractivity contribution is -0.122. The number of nitrogens with zero attached hydrogens (tertiary/aromatic N) is 3. The van der Waals surface area contributed by atoms with Gasteiger partial charge in [-0.25, -0.2) is 5.43 Å². The van der Waals surface area contributed by atoms with Crippen molar-refractivity contribution in [3.63, 3.8) is 0 Å². The molecule has 1 aliphatic heterocycles. The summed E-state index contributed by atoms with van der Waals surface area (Å²) in [6.07, 6.45) is 0. The fraction of sp³-hybridized carbons (Fsp3) is 0.286. The molecule has 2 atom stereocenters. The minimum absolute atomic E-state index is 0.261. The van der Waals surface area contributed by atoms with E-state index >= 15 is 0 Å². The number of hydrogen-bond acceptors (Lipinski definition) is 4. The van der Waals surface area contributed by atoms with Crippen LogP contribution in [0.4, 0.5) is 0 Å². The van der Waals surface area contributed by atoms with Gasteiger partial charge in [0.15, 0.2) is 0 Å². The predicted molar refractivity (Wildman–Crippen MR) is 81.4 cm³/mol. The molecule has 0 radical (unpaired) electrons. The summed E-state index contributed by atoms with van der Waals surface area (Å²) in [5, 5.41) is 22.4. The molecule has 1 aromatic carbocycles. The van der Waals surface area contributed by atoms with E-state index in [9.17, 15) is 15.3 Å². The van der Waals surface area contributed by atoms with Gasteiger partial charge in [0.2, 0.25) is 5.91 Å². The quantitative estimate of drug-likeness (QED) is 0.818. The van der Waals surface area contributed by atoms with Crippen LogP contribution in [0.5, 0.6) is 0 Å². The van der Waals surface area contributed by atoms with Gasteiger partial charge in [0.1, 0.15) is 5.92 Å². The van der Waals surface area contributed by atoms with Gasteiger partial charge in [0.05, 0.1) is 18.1 Å². The molecule has 100 valence electrons. The first-order valence-corrected chi connectivity index (χ1v) is 7.05. The molecule has 0 unspecified atom stereocenters. The number of halogens is 1. The van der Waals surface area contributed by atoms with Crippen molar-refractivity contribution in [3.8, 4) is 12.1 Å². The van der Waals surface area contributed by atoms with Crippen LogP contribution in [0.3, 0.4) is 0 Å². The molecule has 0 spiro atoms. The SMILES string of the molecule is CC1=NNC(=O)[C@@H]1[C@H](c1ccccc1I)C(C#N)C#N. The smallest absolute Gasteiger partial charge is 0.249 e.